The zero-order valence-corrected chi connectivity index (χ0v) is 6.86. The predicted molar refractivity (Wildman–Crippen MR) is 41.9 cm³/mol. The summed E-state index contributed by atoms with van der Waals surface area (Å²) >= 11 is 5.21. The van der Waals surface area contributed by atoms with Crippen LogP contribution in [0.5, 0.6) is 0 Å². The number of carbonyl (C=O) groups excluding carboxylic acids is 1. The first-order valence-corrected chi connectivity index (χ1v) is 3.75. The second-order valence-corrected chi connectivity index (χ2v) is 2.97. The first-order chi connectivity index (χ1) is 5.11. The van der Waals surface area contributed by atoms with Crippen molar-refractivity contribution in [3.63, 3.8) is 0 Å². The van der Waals surface area contributed by atoms with Gasteiger partial charge in [-0.15, -0.1) is 0 Å². The minimum Gasteiger partial charge on any atom is -0.276 e. The minimum atomic E-state index is -0.486. The Kier molecular flexibility index (Phi) is 2.45. The van der Waals surface area contributed by atoms with E-state index < -0.39 is 5.24 Å². The molecule has 1 nitrogen and oxygen atoms in total. The second kappa shape index (κ2) is 3.18. The van der Waals surface area contributed by atoms with E-state index in [1.807, 2.05) is 0 Å². The van der Waals surface area contributed by atoms with Crippen LogP contribution in [-0.4, -0.2) is 5.24 Å². The fourth-order valence-electron chi connectivity index (χ4n) is 0.986. The molecule has 3 heteroatoms. The lowest BCUT2D eigenvalue weighted by Gasteiger charge is -2.13. The van der Waals surface area contributed by atoms with E-state index in [2.05, 4.69) is 0 Å². The maximum Gasteiger partial charge on any atom is 0.248 e. The number of rotatable bonds is 1. The molecule has 1 aliphatic rings. The maximum absolute atomic E-state index is 12.7. The summed E-state index contributed by atoms with van der Waals surface area (Å²) in [7, 11) is 0. The van der Waals surface area contributed by atoms with Crippen molar-refractivity contribution in [1.29, 1.82) is 0 Å². The zero-order chi connectivity index (χ0) is 8.43. The van der Waals surface area contributed by atoms with E-state index in [4.69, 9.17) is 11.6 Å². The summed E-state index contributed by atoms with van der Waals surface area (Å²) < 4.78 is 12.7. The lowest BCUT2D eigenvalue weighted by Crippen LogP contribution is -2.05. The van der Waals surface area contributed by atoms with Crippen LogP contribution >= 0.6 is 11.6 Å². The summed E-state index contributed by atoms with van der Waals surface area (Å²) in [5, 5.41) is -0.486. The van der Waals surface area contributed by atoms with Gasteiger partial charge in [-0.3, -0.25) is 4.79 Å². The molecule has 60 valence electrons. The molecule has 11 heavy (non-hydrogen) atoms. The number of hydrogen-bond acceptors (Lipinski definition) is 1. The van der Waals surface area contributed by atoms with Crippen molar-refractivity contribution >= 4 is 16.8 Å². The highest BCUT2D eigenvalue weighted by Gasteiger charge is 2.17. The molecule has 0 aromatic heterocycles. The molecule has 0 N–H and O–H groups in total. The largest absolute Gasteiger partial charge is 0.276 e. The van der Waals surface area contributed by atoms with Gasteiger partial charge in [0.25, 0.3) is 0 Å². The van der Waals surface area contributed by atoms with Gasteiger partial charge in [-0.05, 0) is 24.1 Å². The topological polar surface area (TPSA) is 17.1 Å². The number of allylic oxidation sites excluding steroid dienone is 4. The van der Waals surface area contributed by atoms with Crippen LogP contribution in [0.1, 0.15) is 13.3 Å². The van der Waals surface area contributed by atoms with Crippen molar-refractivity contribution in [3.05, 3.63) is 23.6 Å². The van der Waals surface area contributed by atoms with Crippen molar-refractivity contribution in [2.45, 2.75) is 13.3 Å². The van der Waals surface area contributed by atoms with Crippen LogP contribution in [0.25, 0.3) is 0 Å². The molecule has 0 heterocycles. The highest BCUT2D eigenvalue weighted by atomic mass is 35.5. The first kappa shape index (κ1) is 8.47. The summed E-state index contributed by atoms with van der Waals surface area (Å²) in [4.78, 5) is 10.6. The van der Waals surface area contributed by atoms with Gasteiger partial charge >= 0.3 is 0 Å². The number of halogens is 2. The minimum absolute atomic E-state index is 0.188. The van der Waals surface area contributed by atoms with Crippen molar-refractivity contribution in [1.82, 2.24) is 0 Å². The van der Waals surface area contributed by atoms with Gasteiger partial charge in [-0.25, -0.2) is 4.39 Å². The maximum atomic E-state index is 12.7. The Hall–Kier alpha value is -0.630. The van der Waals surface area contributed by atoms with Crippen molar-refractivity contribution in [2.75, 3.05) is 0 Å². The standard InChI is InChI=1S/C8H8ClFO/c1-5-4-6(8(9)11)2-3-7(5)10/h2-3,5H,4H2,1H3. The molecule has 0 aromatic rings. The Labute approximate surface area is 69.5 Å². The van der Waals surface area contributed by atoms with E-state index in [0.29, 0.717) is 12.0 Å². The van der Waals surface area contributed by atoms with E-state index in [9.17, 15) is 9.18 Å². The van der Waals surface area contributed by atoms with Gasteiger partial charge in [0, 0.05) is 11.5 Å². The average Bonchev–Trinajstić information content (AvgIpc) is 1.94. The predicted octanol–water partition coefficient (Wildman–Crippen LogP) is 2.57. The molecular weight excluding hydrogens is 167 g/mol. The van der Waals surface area contributed by atoms with Gasteiger partial charge in [0.05, 0.1) is 0 Å². The van der Waals surface area contributed by atoms with Crippen LogP contribution in [0.3, 0.4) is 0 Å². The van der Waals surface area contributed by atoms with E-state index in [1.165, 1.54) is 12.2 Å². The molecule has 1 atom stereocenters. The van der Waals surface area contributed by atoms with Gasteiger partial charge < -0.3 is 0 Å². The molecule has 0 aliphatic heterocycles. The van der Waals surface area contributed by atoms with Crippen molar-refractivity contribution in [2.24, 2.45) is 5.92 Å². The molecule has 0 saturated heterocycles. The van der Waals surface area contributed by atoms with Crippen molar-refractivity contribution in [3.8, 4) is 0 Å². The van der Waals surface area contributed by atoms with E-state index in [-0.39, 0.29) is 11.7 Å². The average molecular weight is 175 g/mol. The van der Waals surface area contributed by atoms with E-state index >= 15 is 0 Å². The normalized spacial score (nSPS) is 24.1. The summed E-state index contributed by atoms with van der Waals surface area (Å²) in [5.41, 5.74) is 0.487. The second-order valence-electron chi connectivity index (χ2n) is 2.62. The number of carbonyl (C=O) groups is 1. The molecule has 0 aromatic carbocycles. The lowest BCUT2D eigenvalue weighted by atomic mass is 9.96. The van der Waals surface area contributed by atoms with Gasteiger partial charge in [-0.2, -0.15) is 0 Å². The third kappa shape index (κ3) is 1.90. The molecule has 1 aliphatic carbocycles. The van der Waals surface area contributed by atoms with Crippen LogP contribution in [0, 0.1) is 5.92 Å². The molecule has 0 fully saturated rings. The summed E-state index contributed by atoms with van der Waals surface area (Å²) in [6, 6.07) is 0. The van der Waals surface area contributed by atoms with Crippen molar-refractivity contribution < 1.29 is 9.18 Å². The summed E-state index contributed by atoms with van der Waals surface area (Å²) in [6.07, 6.45) is 3.14. The highest BCUT2D eigenvalue weighted by Crippen LogP contribution is 2.26. The smallest absolute Gasteiger partial charge is 0.248 e. The lowest BCUT2D eigenvalue weighted by molar-refractivity contribution is -0.108. The Bertz CT molecular complexity index is 242. The molecule has 1 rings (SSSR count). The highest BCUT2D eigenvalue weighted by molar-refractivity contribution is 6.67. The summed E-state index contributed by atoms with van der Waals surface area (Å²) in [6.45, 7) is 1.72. The Balaban J connectivity index is 2.82. The molecule has 0 spiro atoms. The molecule has 0 amide bonds. The van der Waals surface area contributed by atoms with E-state index in [1.54, 1.807) is 6.92 Å². The molecular formula is C8H8ClFO. The van der Waals surface area contributed by atoms with Crippen LogP contribution in [0.2, 0.25) is 0 Å². The monoisotopic (exact) mass is 174 g/mol. The third-order valence-corrected chi connectivity index (χ3v) is 1.94. The fraction of sp³-hybridized carbons (Fsp3) is 0.375. The van der Waals surface area contributed by atoms with Crippen LogP contribution in [0.4, 0.5) is 4.39 Å². The van der Waals surface area contributed by atoms with Crippen LogP contribution < -0.4 is 0 Å². The Morgan fingerprint density at radius 2 is 2.36 bits per heavy atom. The first-order valence-electron chi connectivity index (χ1n) is 3.37. The SMILES string of the molecule is CC1CC(C(=O)Cl)=CC=C1F. The molecule has 1 unspecified atom stereocenters. The fourth-order valence-corrected chi connectivity index (χ4v) is 1.13. The van der Waals surface area contributed by atoms with Gasteiger partial charge in [0.15, 0.2) is 0 Å². The van der Waals surface area contributed by atoms with Gasteiger partial charge in [0.1, 0.15) is 5.83 Å². The Morgan fingerprint density at radius 1 is 1.73 bits per heavy atom. The third-order valence-electron chi connectivity index (χ3n) is 1.69. The van der Waals surface area contributed by atoms with Crippen LogP contribution in [-0.2, 0) is 4.79 Å². The Morgan fingerprint density at radius 3 is 2.82 bits per heavy atom. The molecule has 0 bridgehead atoms. The summed E-state index contributed by atoms with van der Waals surface area (Å²) in [5.74, 6) is -0.399. The van der Waals surface area contributed by atoms with Gasteiger partial charge in [0.2, 0.25) is 5.24 Å². The van der Waals surface area contributed by atoms with E-state index in [0.717, 1.165) is 0 Å². The zero-order valence-electron chi connectivity index (χ0n) is 6.10. The number of hydrogen-bond donors (Lipinski definition) is 0. The van der Waals surface area contributed by atoms with Gasteiger partial charge in [-0.1, -0.05) is 13.0 Å². The van der Waals surface area contributed by atoms with Crippen LogP contribution in [0.15, 0.2) is 23.6 Å². The quantitative estimate of drug-likeness (QED) is 0.559. The molecule has 0 saturated carbocycles. The molecule has 0 radical (unpaired) electrons.